The van der Waals surface area contributed by atoms with Crippen molar-refractivity contribution in [2.75, 3.05) is 6.54 Å². The highest BCUT2D eigenvalue weighted by Gasteiger charge is 2.56. The van der Waals surface area contributed by atoms with E-state index in [2.05, 4.69) is 5.10 Å². The number of benzene rings is 2. The van der Waals surface area contributed by atoms with Crippen LogP contribution in [0, 0.1) is 18.6 Å². The van der Waals surface area contributed by atoms with Gasteiger partial charge in [-0.05, 0) is 35.7 Å². The summed E-state index contributed by atoms with van der Waals surface area (Å²) in [5.41, 5.74) is -0.862. The van der Waals surface area contributed by atoms with Crippen LogP contribution in [0.15, 0.2) is 53.5 Å². The largest absolute Gasteiger partial charge is 0.502 e. The van der Waals surface area contributed by atoms with E-state index < -0.39 is 71.3 Å². The van der Waals surface area contributed by atoms with Crippen LogP contribution in [-0.2, 0) is 0 Å². The van der Waals surface area contributed by atoms with Crippen molar-refractivity contribution in [2.45, 2.75) is 37.3 Å². The molecule has 10 heteroatoms. The summed E-state index contributed by atoms with van der Waals surface area (Å²) in [6, 6.07) is 7.59. The Labute approximate surface area is 191 Å². The summed E-state index contributed by atoms with van der Waals surface area (Å²) in [5.74, 6) is -7.46. The zero-order chi connectivity index (χ0) is 24.4. The number of alkyl halides is 2. The summed E-state index contributed by atoms with van der Waals surface area (Å²) < 4.78 is 59.9. The van der Waals surface area contributed by atoms with Gasteiger partial charge in [0.05, 0.1) is 24.8 Å². The lowest BCUT2D eigenvalue weighted by atomic mass is 9.79. The van der Waals surface area contributed by atoms with Gasteiger partial charge in [0.2, 0.25) is 5.43 Å². The number of rotatable bonds is 3. The average Bonchev–Trinajstić information content (AvgIpc) is 3.11. The van der Waals surface area contributed by atoms with Gasteiger partial charge in [-0.1, -0.05) is 30.3 Å². The van der Waals surface area contributed by atoms with E-state index in [1.165, 1.54) is 43.3 Å². The van der Waals surface area contributed by atoms with Crippen LogP contribution >= 0.6 is 0 Å². The molecule has 1 unspecified atom stereocenters. The van der Waals surface area contributed by atoms with E-state index in [4.69, 9.17) is 0 Å². The van der Waals surface area contributed by atoms with Crippen LogP contribution in [0.5, 0.6) is 5.75 Å². The van der Waals surface area contributed by atoms with Crippen molar-refractivity contribution in [3.8, 4) is 5.75 Å². The molecule has 0 aliphatic carbocycles. The Bertz CT molecular complexity index is 1370. The molecule has 1 N–H and O–H groups in total. The number of carbonyl (C=O) groups is 1. The number of fused-ring (bicyclic) bond motifs is 2. The molecule has 176 valence electrons. The molecule has 3 atom stereocenters. The van der Waals surface area contributed by atoms with Gasteiger partial charge in [0.15, 0.2) is 11.4 Å². The first-order valence-electron chi connectivity index (χ1n) is 10.6. The molecule has 3 heterocycles. The molecule has 2 aromatic carbocycles. The Morgan fingerprint density at radius 3 is 2.62 bits per heavy atom. The number of carbonyl (C=O) groups excluding carboxylic acids is 1. The van der Waals surface area contributed by atoms with Crippen molar-refractivity contribution in [3.63, 3.8) is 0 Å². The summed E-state index contributed by atoms with van der Waals surface area (Å²) >= 11 is 0. The van der Waals surface area contributed by atoms with Crippen molar-refractivity contribution in [2.24, 2.45) is 0 Å². The van der Waals surface area contributed by atoms with Crippen LogP contribution < -0.4 is 5.43 Å². The predicted molar refractivity (Wildman–Crippen MR) is 113 cm³/mol. The Morgan fingerprint density at radius 2 is 1.88 bits per heavy atom. The van der Waals surface area contributed by atoms with Crippen molar-refractivity contribution in [1.82, 2.24) is 14.7 Å². The van der Waals surface area contributed by atoms with E-state index in [1.807, 2.05) is 0 Å². The normalized spacial score (nSPS) is 21.8. The second-order valence-electron chi connectivity index (χ2n) is 8.71. The monoisotopic (exact) mass is 473 g/mol. The minimum atomic E-state index is -3.26. The Balaban J connectivity index is 1.83. The van der Waals surface area contributed by atoms with Crippen LogP contribution in [0.1, 0.15) is 45.6 Å². The fourth-order valence-electron chi connectivity index (χ4n) is 5.09. The molecule has 5 rings (SSSR count). The third-order valence-electron chi connectivity index (χ3n) is 6.54. The number of aryl methyl sites for hydroxylation is 1. The molecular weight excluding hydrogens is 454 g/mol. The second kappa shape index (κ2) is 7.68. The second-order valence-corrected chi connectivity index (χ2v) is 8.71. The zero-order valence-electron chi connectivity index (χ0n) is 17.9. The molecule has 0 saturated carbocycles. The molecular formula is C24H19F4N3O3. The van der Waals surface area contributed by atoms with E-state index in [0.717, 1.165) is 15.8 Å². The van der Waals surface area contributed by atoms with Gasteiger partial charge in [0.25, 0.3) is 11.8 Å². The van der Waals surface area contributed by atoms with E-state index in [1.54, 1.807) is 6.07 Å². The molecule has 3 aromatic rings. The maximum Gasteiger partial charge on any atom is 0.276 e. The Hall–Kier alpha value is -3.69. The maximum absolute atomic E-state index is 15.4. The van der Waals surface area contributed by atoms with Gasteiger partial charge in [-0.2, -0.15) is 5.10 Å². The van der Waals surface area contributed by atoms with Gasteiger partial charge >= 0.3 is 0 Å². The highest BCUT2D eigenvalue weighted by atomic mass is 19.3. The van der Waals surface area contributed by atoms with E-state index in [0.29, 0.717) is 0 Å². The third kappa shape index (κ3) is 3.36. The van der Waals surface area contributed by atoms with E-state index >= 15 is 4.39 Å². The molecule has 1 aromatic heterocycles. The van der Waals surface area contributed by atoms with Crippen molar-refractivity contribution in [3.05, 3.63) is 92.9 Å². The quantitative estimate of drug-likeness (QED) is 0.588. The number of nitrogens with zero attached hydrogens (tertiary/aromatic N) is 3. The summed E-state index contributed by atoms with van der Waals surface area (Å²) in [5, 5.41) is 14.4. The topological polar surface area (TPSA) is 75.4 Å². The van der Waals surface area contributed by atoms with Crippen LogP contribution in [0.4, 0.5) is 17.6 Å². The third-order valence-corrected chi connectivity index (χ3v) is 6.54. The molecule has 1 amide bonds. The van der Waals surface area contributed by atoms with Gasteiger partial charge in [0.1, 0.15) is 11.6 Å². The molecule has 2 aliphatic heterocycles. The maximum atomic E-state index is 15.4. The van der Waals surface area contributed by atoms with Crippen LogP contribution in [0.2, 0.25) is 0 Å². The lowest BCUT2D eigenvalue weighted by Crippen LogP contribution is -2.51. The molecule has 2 aliphatic rings. The standard InChI is InChI=1S/C24H19F4N3O3/c1-12-4-2-7-15(19(12)26)18(13-5-3-6-14(25)8-13)20-16-9-24(27,28)11-30(16)23(34)21-22(33)17(32)10-29-31(20)21/h2-8,10,16,18,20,33H,9,11H2,1H3/t16-,18?,20-/m1/s1. The van der Waals surface area contributed by atoms with Crippen molar-refractivity contribution >= 4 is 5.91 Å². The fraction of sp³-hybridized carbons (Fsp3) is 0.292. The summed E-state index contributed by atoms with van der Waals surface area (Å²) in [4.78, 5) is 26.0. The summed E-state index contributed by atoms with van der Waals surface area (Å²) in [7, 11) is 0. The molecule has 1 saturated heterocycles. The van der Waals surface area contributed by atoms with Crippen LogP contribution in [-0.4, -0.2) is 44.2 Å². The molecule has 0 bridgehead atoms. The number of hydrogen-bond donors (Lipinski definition) is 1. The lowest BCUT2D eigenvalue weighted by Gasteiger charge is -2.42. The number of halogens is 4. The summed E-state index contributed by atoms with van der Waals surface area (Å²) in [6.07, 6.45) is 0.0355. The van der Waals surface area contributed by atoms with Gasteiger partial charge in [-0.25, -0.2) is 17.6 Å². The van der Waals surface area contributed by atoms with Gasteiger partial charge in [-0.15, -0.1) is 0 Å². The summed E-state index contributed by atoms with van der Waals surface area (Å²) in [6.45, 7) is 0.610. The number of amides is 1. The first-order valence-corrected chi connectivity index (χ1v) is 10.6. The van der Waals surface area contributed by atoms with Gasteiger partial charge < -0.3 is 10.0 Å². The fourth-order valence-corrected chi connectivity index (χ4v) is 5.09. The minimum Gasteiger partial charge on any atom is -0.502 e. The van der Waals surface area contributed by atoms with Crippen molar-refractivity contribution in [1.29, 1.82) is 0 Å². The Kier molecular flexibility index (Phi) is 5.00. The van der Waals surface area contributed by atoms with Gasteiger partial charge in [-0.3, -0.25) is 14.3 Å². The molecule has 0 spiro atoms. The van der Waals surface area contributed by atoms with Crippen LogP contribution in [0.3, 0.4) is 0 Å². The number of hydrogen-bond acceptors (Lipinski definition) is 4. The lowest BCUT2D eigenvalue weighted by molar-refractivity contribution is 0.0118. The average molecular weight is 473 g/mol. The molecule has 1 fully saturated rings. The van der Waals surface area contributed by atoms with Crippen molar-refractivity contribution < 1.29 is 27.5 Å². The zero-order valence-corrected chi connectivity index (χ0v) is 17.9. The molecule has 6 nitrogen and oxygen atoms in total. The first-order chi connectivity index (χ1) is 16.1. The SMILES string of the molecule is Cc1cccc(C(c2cccc(F)c2)[C@H]2[C@H]3CC(F)(F)CN3C(=O)c3c(O)c(=O)cnn32)c1F. The number of aromatic nitrogens is 2. The smallest absolute Gasteiger partial charge is 0.276 e. The predicted octanol–water partition coefficient (Wildman–Crippen LogP) is 3.77. The minimum absolute atomic E-state index is 0.0889. The molecule has 34 heavy (non-hydrogen) atoms. The Morgan fingerprint density at radius 1 is 1.15 bits per heavy atom. The van der Waals surface area contributed by atoms with Gasteiger partial charge in [0, 0.05) is 12.3 Å². The number of aromatic hydroxyl groups is 1. The van der Waals surface area contributed by atoms with E-state index in [-0.39, 0.29) is 16.7 Å². The molecule has 0 radical (unpaired) electrons. The highest BCUT2D eigenvalue weighted by Crippen LogP contribution is 2.49. The first kappa shape index (κ1) is 22.1. The highest BCUT2D eigenvalue weighted by molar-refractivity contribution is 5.96. The van der Waals surface area contributed by atoms with E-state index in [9.17, 15) is 27.9 Å². The van der Waals surface area contributed by atoms with Crippen LogP contribution in [0.25, 0.3) is 0 Å².